The van der Waals surface area contributed by atoms with Crippen LogP contribution in [-0.4, -0.2) is 17.6 Å². The summed E-state index contributed by atoms with van der Waals surface area (Å²) in [7, 11) is 0. The van der Waals surface area contributed by atoms with Crippen molar-refractivity contribution in [2.75, 3.05) is 6.54 Å². The molecule has 0 unspecified atom stereocenters. The van der Waals surface area contributed by atoms with Crippen molar-refractivity contribution in [3.05, 3.63) is 51.4 Å². The van der Waals surface area contributed by atoms with Crippen LogP contribution in [0.25, 0.3) is 16.5 Å². The van der Waals surface area contributed by atoms with Gasteiger partial charge in [0, 0.05) is 11.5 Å². The fourth-order valence-corrected chi connectivity index (χ4v) is 1.37. The average molecular weight is 231 g/mol. The summed E-state index contributed by atoms with van der Waals surface area (Å²) in [6.07, 6.45) is 4.31. The Balaban J connectivity index is 2.75. The van der Waals surface area contributed by atoms with Gasteiger partial charge in [0.05, 0.1) is 5.56 Å². The van der Waals surface area contributed by atoms with Gasteiger partial charge in [-0.3, -0.25) is 0 Å². The second kappa shape index (κ2) is 6.35. The first-order chi connectivity index (χ1) is 8.15. The van der Waals surface area contributed by atoms with E-state index in [1.807, 2.05) is 18.2 Å². The lowest BCUT2D eigenvalue weighted by atomic mass is 10.0. The van der Waals surface area contributed by atoms with Crippen molar-refractivity contribution in [3.8, 4) is 0 Å². The predicted octanol–water partition coefficient (Wildman–Crippen LogP) is 3.41. The van der Waals surface area contributed by atoms with Crippen molar-refractivity contribution in [3.63, 3.8) is 0 Å². The molecule has 0 heterocycles. The Morgan fingerprint density at radius 2 is 2.35 bits per heavy atom. The minimum atomic E-state index is -0.924. The first-order valence-corrected chi connectivity index (χ1v) is 5.16. The number of aryl methyl sites for hydroxylation is 1. The second-order valence-electron chi connectivity index (χ2n) is 3.53. The van der Waals surface area contributed by atoms with Gasteiger partial charge in [-0.25, -0.2) is 4.79 Å². The molecule has 1 aromatic rings. The maximum atomic E-state index is 10.9. The highest BCUT2D eigenvalue weighted by Crippen LogP contribution is 2.12. The van der Waals surface area contributed by atoms with E-state index in [-0.39, 0.29) is 0 Å². The molecule has 1 N–H and O–H groups in total. The van der Waals surface area contributed by atoms with Gasteiger partial charge >= 0.3 is 5.97 Å². The van der Waals surface area contributed by atoms with Crippen molar-refractivity contribution in [1.82, 2.24) is 0 Å². The summed E-state index contributed by atoms with van der Waals surface area (Å²) in [5.74, 6) is -0.924. The van der Waals surface area contributed by atoms with Gasteiger partial charge in [-0.2, -0.15) is 0 Å². The number of azide groups is 1. The standard InChI is InChI=1S/C12H13N3O2/c1-9-5-6-10(8-11(9)12(16)17)4-2-3-7-14-15-13/h2,4-6,8H,3,7H2,1H3,(H,16,17). The van der Waals surface area contributed by atoms with Crippen molar-refractivity contribution in [2.24, 2.45) is 5.11 Å². The van der Waals surface area contributed by atoms with E-state index in [0.29, 0.717) is 18.5 Å². The fraction of sp³-hybridized carbons (Fsp3) is 0.250. The Bertz CT molecular complexity index is 489. The molecule has 1 aromatic carbocycles. The molecule has 5 nitrogen and oxygen atoms in total. The van der Waals surface area contributed by atoms with Crippen LogP contribution in [0.4, 0.5) is 0 Å². The zero-order chi connectivity index (χ0) is 12.7. The predicted molar refractivity (Wildman–Crippen MR) is 65.8 cm³/mol. The molecule has 1 rings (SSSR count). The lowest BCUT2D eigenvalue weighted by Gasteiger charge is -2.01. The van der Waals surface area contributed by atoms with Crippen molar-refractivity contribution < 1.29 is 9.90 Å². The second-order valence-corrected chi connectivity index (χ2v) is 3.53. The smallest absolute Gasteiger partial charge is 0.335 e. The molecule has 0 saturated carbocycles. The summed E-state index contributed by atoms with van der Waals surface area (Å²) in [5.41, 5.74) is 9.95. The SMILES string of the molecule is Cc1ccc(C=CCCN=[N+]=[N-])cc1C(=O)O. The van der Waals surface area contributed by atoms with Crippen LogP contribution in [0, 0.1) is 6.92 Å². The largest absolute Gasteiger partial charge is 0.478 e. The van der Waals surface area contributed by atoms with E-state index >= 15 is 0 Å². The van der Waals surface area contributed by atoms with Crippen molar-refractivity contribution >= 4 is 12.0 Å². The molecule has 0 aliphatic heterocycles. The normalized spacial score (nSPS) is 10.2. The quantitative estimate of drug-likeness (QED) is 0.364. The molecule has 0 aromatic heterocycles. The summed E-state index contributed by atoms with van der Waals surface area (Å²) in [5, 5.41) is 12.4. The lowest BCUT2D eigenvalue weighted by Crippen LogP contribution is -1.99. The summed E-state index contributed by atoms with van der Waals surface area (Å²) in [6.45, 7) is 2.17. The molecular formula is C12H13N3O2. The first-order valence-electron chi connectivity index (χ1n) is 5.16. The number of carboxylic acids is 1. The highest BCUT2D eigenvalue weighted by atomic mass is 16.4. The molecule has 0 aliphatic rings. The monoisotopic (exact) mass is 231 g/mol. The molecule has 0 atom stereocenters. The van der Waals surface area contributed by atoms with E-state index in [4.69, 9.17) is 10.6 Å². The number of aromatic carboxylic acids is 1. The van der Waals surface area contributed by atoms with Crippen molar-refractivity contribution in [2.45, 2.75) is 13.3 Å². The molecule has 0 bridgehead atoms. The third-order valence-electron chi connectivity index (χ3n) is 2.26. The van der Waals surface area contributed by atoms with Gasteiger partial charge in [-0.05, 0) is 36.1 Å². The van der Waals surface area contributed by atoms with Gasteiger partial charge in [0.15, 0.2) is 0 Å². The number of rotatable bonds is 5. The van der Waals surface area contributed by atoms with Gasteiger partial charge in [-0.1, -0.05) is 29.4 Å². The molecule has 0 saturated heterocycles. The van der Waals surface area contributed by atoms with Gasteiger partial charge in [0.25, 0.3) is 0 Å². The Labute approximate surface area is 99.0 Å². The minimum Gasteiger partial charge on any atom is -0.478 e. The van der Waals surface area contributed by atoms with Crippen LogP contribution in [0.3, 0.4) is 0 Å². The highest BCUT2D eigenvalue weighted by Gasteiger charge is 2.06. The highest BCUT2D eigenvalue weighted by molar-refractivity contribution is 5.90. The van der Waals surface area contributed by atoms with E-state index in [2.05, 4.69) is 10.0 Å². The average Bonchev–Trinajstić information content (AvgIpc) is 2.30. The Morgan fingerprint density at radius 1 is 1.59 bits per heavy atom. The number of carboxylic acid groups (broad SMARTS) is 1. The summed E-state index contributed by atoms with van der Waals surface area (Å²) >= 11 is 0. The molecule has 0 fully saturated rings. The maximum absolute atomic E-state index is 10.9. The molecule has 0 aliphatic carbocycles. The molecular weight excluding hydrogens is 218 g/mol. The van der Waals surface area contributed by atoms with Crippen molar-refractivity contribution in [1.29, 1.82) is 0 Å². The van der Waals surface area contributed by atoms with Crippen LogP contribution in [0.15, 0.2) is 29.4 Å². The summed E-state index contributed by atoms with van der Waals surface area (Å²) in [6, 6.07) is 5.25. The fourth-order valence-electron chi connectivity index (χ4n) is 1.37. The van der Waals surface area contributed by atoms with Crippen LogP contribution in [0.2, 0.25) is 0 Å². The topological polar surface area (TPSA) is 86.1 Å². The third kappa shape index (κ3) is 4.01. The molecule has 0 radical (unpaired) electrons. The zero-order valence-corrected chi connectivity index (χ0v) is 9.50. The van der Waals surface area contributed by atoms with E-state index < -0.39 is 5.97 Å². The Hall–Kier alpha value is -2.26. The molecule has 0 amide bonds. The van der Waals surface area contributed by atoms with Crippen LogP contribution >= 0.6 is 0 Å². The Kier molecular flexibility index (Phi) is 4.78. The van der Waals surface area contributed by atoms with Crippen LogP contribution in [0.5, 0.6) is 0 Å². The van der Waals surface area contributed by atoms with Crippen LogP contribution < -0.4 is 0 Å². The number of nitrogens with zero attached hydrogens (tertiary/aromatic N) is 3. The van der Waals surface area contributed by atoms with Crippen LogP contribution in [0.1, 0.15) is 27.9 Å². The zero-order valence-electron chi connectivity index (χ0n) is 9.50. The number of hydrogen-bond acceptors (Lipinski definition) is 2. The van der Waals surface area contributed by atoms with E-state index in [9.17, 15) is 4.79 Å². The molecule has 5 heteroatoms. The number of carbonyl (C=O) groups is 1. The van der Waals surface area contributed by atoms with E-state index in [1.54, 1.807) is 19.1 Å². The van der Waals surface area contributed by atoms with E-state index in [1.165, 1.54) is 0 Å². The van der Waals surface area contributed by atoms with Gasteiger partial charge < -0.3 is 5.11 Å². The van der Waals surface area contributed by atoms with E-state index in [0.717, 1.165) is 11.1 Å². The lowest BCUT2D eigenvalue weighted by molar-refractivity contribution is 0.0696. The number of benzene rings is 1. The molecule has 88 valence electrons. The summed E-state index contributed by atoms with van der Waals surface area (Å²) in [4.78, 5) is 13.6. The minimum absolute atomic E-state index is 0.308. The maximum Gasteiger partial charge on any atom is 0.335 e. The number of hydrogen-bond donors (Lipinski definition) is 1. The van der Waals surface area contributed by atoms with Gasteiger partial charge in [0.1, 0.15) is 0 Å². The molecule has 17 heavy (non-hydrogen) atoms. The van der Waals surface area contributed by atoms with Gasteiger partial charge in [-0.15, -0.1) is 0 Å². The van der Waals surface area contributed by atoms with Crippen LogP contribution in [-0.2, 0) is 0 Å². The molecule has 0 spiro atoms. The van der Waals surface area contributed by atoms with Gasteiger partial charge in [0.2, 0.25) is 0 Å². The first kappa shape index (κ1) is 12.8. The Morgan fingerprint density at radius 3 is 3.00 bits per heavy atom. The summed E-state index contributed by atoms with van der Waals surface area (Å²) < 4.78 is 0. The third-order valence-corrected chi connectivity index (χ3v) is 2.26.